The van der Waals surface area contributed by atoms with Crippen molar-refractivity contribution in [2.75, 3.05) is 11.9 Å². The molecule has 0 radical (unpaired) electrons. The van der Waals surface area contributed by atoms with E-state index in [0.29, 0.717) is 29.3 Å². The number of anilines is 1. The maximum Gasteiger partial charge on any atom is 0.260 e. The summed E-state index contributed by atoms with van der Waals surface area (Å²) in [6, 6.07) is 5.12. The van der Waals surface area contributed by atoms with Crippen molar-refractivity contribution < 1.29 is 14.3 Å². The molecule has 2 heterocycles. The quantitative estimate of drug-likeness (QED) is 0.848. The van der Waals surface area contributed by atoms with Crippen molar-refractivity contribution in [1.82, 2.24) is 4.98 Å². The molecule has 0 aliphatic carbocycles. The summed E-state index contributed by atoms with van der Waals surface area (Å²) in [5.74, 6) is 7.14. The van der Waals surface area contributed by atoms with Crippen LogP contribution in [0, 0.1) is 25.7 Å². The van der Waals surface area contributed by atoms with E-state index in [1.54, 1.807) is 38.2 Å². The van der Waals surface area contributed by atoms with Crippen LogP contribution in [0.2, 0.25) is 0 Å². The van der Waals surface area contributed by atoms with E-state index in [0.717, 1.165) is 5.56 Å². The lowest BCUT2D eigenvalue weighted by atomic mass is 10.2. The minimum absolute atomic E-state index is 0.0286. The molecule has 0 bridgehead atoms. The molecule has 0 atom stereocenters. The third-order valence-corrected chi connectivity index (χ3v) is 2.76. The molecule has 5 nitrogen and oxygen atoms in total. The molecule has 0 fully saturated rings. The van der Waals surface area contributed by atoms with Gasteiger partial charge in [0, 0.05) is 18.2 Å². The van der Waals surface area contributed by atoms with Gasteiger partial charge in [-0.25, -0.2) is 4.98 Å². The van der Waals surface area contributed by atoms with Gasteiger partial charge in [0.2, 0.25) is 0 Å². The molecule has 2 aromatic rings. The highest BCUT2D eigenvalue weighted by Gasteiger charge is 2.14. The number of aliphatic hydroxyl groups excluding tert-OH is 1. The summed E-state index contributed by atoms with van der Waals surface area (Å²) in [6.07, 6.45) is 1.99. The molecule has 2 aromatic heterocycles. The summed E-state index contributed by atoms with van der Waals surface area (Å²) in [5.41, 5.74) is 1.22. The molecule has 0 aromatic carbocycles. The highest BCUT2D eigenvalue weighted by atomic mass is 16.3. The van der Waals surface area contributed by atoms with E-state index in [2.05, 4.69) is 22.1 Å². The summed E-state index contributed by atoms with van der Waals surface area (Å²) in [6.45, 7) is 3.56. The van der Waals surface area contributed by atoms with E-state index in [-0.39, 0.29) is 12.5 Å². The molecule has 5 heteroatoms. The number of rotatable bonds is 3. The monoisotopic (exact) mass is 284 g/mol. The van der Waals surface area contributed by atoms with Crippen LogP contribution >= 0.6 is 0 Å². The Labute approximate surface area is 123 Å². The minimum atomic E-state index is -0.266. The molecule has 0 aliphatic rings. The largest absolute Gasteiger partial charge is 0.466 e. The van der Waals surface area contributed by atoms with Gasteiger partial charge in [-0.2, -0.15) is 0 Å². The van der Waals surface area contributed by atoms with E-state index in [4.69, 9.17) is 9.52 Å². The lowest BCUT2D eigenvalue weighted by Crippen LogP contribution is -2.13. The van der Waals surface area contributed by atoms with Crippen LogP contribution in [-0.2, 0) is 0 Å². The van der Waals surface area contributed by atoms with Crippen molar-refractivity contribution in [1.29, 1.82) is 0 Å². The van der Waals surface area contributed by atoms with E-state index < -0.39 is 0 Å². The third-order valence-electron chi connectivity index (χ3n) is 2.76. The first kappa shape index (κ1) is 14.8. The number of hydrogen-bond donors (Lipinski definition) is 2. The first-order chi connectivity index (χ1) is 10.1. The van der Waals surface area contributed by atoms with Crippen molar-refractivity contribution in [2.45, 2.75) is 20.3 Å². The number of aromatic nitrogens is 1. The molecule has 0 unspecified atom stereocenters. The number of pyridine rings is 1. The van der Waals surface area contributed by atoms with Crippen LogP contribution in [0.5, 0.6) is 0 Å². The molecule has 0 aliphatic heterocycles. The van der Waals surface area contributed by atoms with Crippen LogP contribution in [0.3, 0.4) is 0 Å². The number of aliphatic hydroxyl groups is 1. The van der Waals surface area contributed by atoms with E-state index >= 15 is 0 Å². The Morgan fingerprint density at radius 2 is 2.24 bits per heavy atom. The highest BCUT2D eigenvalue weighted by molar-refractivity contribution is 6.04. The number of carbonyl (C=O) groups is 1. The number of hydrogen-bond acceptors (Lipinski definition) is 4. The van der Waals surface area contributed by atoms with Crippen molar-refractivity contribution >= 4 is 11.7 Å². The van der Waals surface area contributed by atoms with Crippen molar-refractivity contribution in [3.05, 3.63) is 47.0 Å². The Bertz CT molecular complexity index is 708. The number of nitrogens with one attached hydrogen (secondary N) is 1. The maximum atomic E-state index is 12.1. The van der Waals surface area contributed by atoms with Gasteiger partial charge in [0.25, 0.3) is 5.91 Å². The van der Waals surface area contributed by atoms with Gasteiger partial charge in [-0.1, -0.05) is 11.8 Å². The molecular weight excluding hydrogens is 268 g/mol. The number of carbonyl (C=O) groups excluding carboxylic acids is 1. The van der Waals surface area contributed by atoms with Crippen molar-refractivity contribution in [2.24, 2.45) is 0 Å². The number of furan rings is 1. The Hall–Kier alpha value is -2.58. The second-order valence-corrected chi connectivity index (χ2v) is 4.49. The molecule has 2 N–H and O–H groups in total. The van der Waals surface area contributed by atoms with Gasteiger partial charge in [0.1, 0.15) is 17.3 Å². The van der Waals surface area contributed by atoms with Gasteiger partial charge in [-0.15, -0.1) is 0 Å². The predicted octanol–water partition coefficient (Wildman–Crippen LogP) is 2.28. The summed E-state index contributed by atoms with van der Waals surface area (Å²) in [5, 5.41) is 11.4. The first-order valence-electron chi connectivity index (χ1n) is 6.54. The van der Waals surface area contributed by atoms with Gasteiger partial charge in [-0.3, -0.25) is 4.79 Å². The highest BCUT2D eigenvalue weighted by Crippen LogP contribution is 2.15. The Morgan fingerprint density at radius 1 is 1.43 bits per heavy atom. The average molecular weight is 284 g/mol. The number of aryl methyl sites for hydroxylation is 2. The zero-order chi connectivity index (χ0) is 15.2. The standard InChI is InChI=1S/C16H16N2O3/c1-11-9-14(12(2)21-11)16(20)18-15-10-13(6-7-17-15)5-3-4-8-19/h6-7,9-10,19H,4,8H2,1-2H3,(H,17,18,20). The van der Waals surface area contributed by atoms with Crippen LogP contribution in [0.4, 0.5) is 5.82 Å². The lowest BCUT2D eigenvalue weighted by Gasteiger charge is -2.03. The van der Waals surface area contributed by atoms with Crippen LogP contribution in [0.25, 0.3) is 0 Å². The molecule has 0 saturated carbocycles. The third kappa shape index (κ3) is 3.94. The van der Waals surface area contributed by atoms with Gasteiger partial charge < -0.3 is 14.8 Å². The smallest absolute Gasteiger partial charge is 0.260 e. The molecule has 108 valence electrons. The van der Waals surface area contributed by atoms with Crippen LogP contribution in [-0.4, -0.2) is 22.6 Å². The minimum Gasteiger partial charge on any atom is -0.466 e. The lowest BCUT2D eigenvalue weighted by molar-refractivity contribution is 0.102. The molecular formula is C16H16N2O3. The van der Waals surface area contributed by atoms with Crippen molar-refractivity contribution in [3.8, 4) is 11.8 Å². The van der Waals surface area contributed by atoms with E-state index in [1.807, 2.05) is 0 Å². The van der Waals surface area contributed by atoms with Gasteiger partial charge in [-0.05, 0) is 32.0 Å². The Morgan fingerprint density at radius 3 is 2.90 bits per heavy atom. The summed E-state index contributed by atoms with van der Waals surface area (Å²) in [7, 11) is 0. The molecule has 0 spiro atoms. The molecule has 0 saturated heterocycles. The summed E-state index contributed by atoms with van der Waals surface area (Å²) < 4.78 is 5.34. The van der Waals surface area contributed by atoms with E-state index in [9.17, 15) is 4.79 Å². The fraction of sp³-hybridized carbons (Fsp3) is 0.250. The average Bonchev–Trinajstić information content (AvgIpc) is 2.78. The maximum absolute atomic E-state index is 12.1. The normalized spacial score (nSPS) is 9.86. The Kier molecular flexibility index (Phi) is 4.75. The fourth-order valence-electron chi connectivity index (χ4n) is 1.84. The van der Waals surface area contributed by atoms with Crippen LogP contribution in [0.15, 0.2) is 28.8 Å². The zero-order valence-electron chi connectivity index (χ0n) is 11.9. The van der Waals surface area contributed by atoms with Crippen LogP contribution in [0.1, 0.15) is 33.9 Å². The summed E-state index contributed by atoms with van der Waals surface area (Å²) in [4.78, 5) is 16.2. The SMILES string of the molecule is Cc1cc(C(=O)Nc2cc(C#CCCO)ccn2)c(C)o1. The van der Waals surface area contributed by atoms with Crippen LogP contribution < -0.4 is 5.32 Å². The Balaban J connectivity index is 2.13. The first-order valence-corrected chi connectivity index (χ1v) is 6.54. The van der Waals surface area contributed by atoms with E-state index in [1.165, 1.54) is 0 Å². The molecule has 2 rings (SSSR count). The predicted molar refractivity (Wildman–Crippen MR) is 79.0 cm³/mol. The van der Waals surface area contributed by atoms with Crippen molar-refractivity contribution in [3.63, 3.8) is 0 Å². The molecule has 21 heavy (non-hydrogen) atoms. The number of nitrogens with zero attached hydrogens (tertiary/aromatic N) is 1. The number of amides is 1. The summed E-state index contributed by atoms with van der Waals surface area (Å²) >= 11 is 0. The fourth-order valence-corrected chi connectivity index (χ4v) is 1.84. The van der Waals surface area contributed by atoms with Gasteiger partial charge in [0.05, 0.1) is 12.2 Å². The molecule has 1 amide bonds. The topological polar surface area (TPSA) is 75.4 Å². The van der Waals surface area contributed by atoms with Gasteiger partial charge >= 0.3 is 0 Å². The second kappa shape index (κ2) is 6.73. The zero-order valence-corrected chi connectivity index (χ0v) is 11.9. The van der Waals surface area contributed by atoms with Gasteiger partial charge in [0.15, 0.2) is 0 Å². The second-order valence-electron chi connectivity index (χ2n) is 4.49.